The molecule has 2 saturated heterocycles. The molecule has 4 nitrogen and oxygen atoms in total. The Hall–Kier alpha value is -0.610. The van der Waals surface area contributed by atoms with Gasteiger partial charge in [-0.05, 0) is 12.8 Å². The van der Waals surface area contributed by atoms with Gasteiger partial charge in [-0.3, -0.25) is 4.79 Å². The molecule has 0 aliphatic carbocycles. The van der Waals surface area contributed by atoms with Crippen molar-refractivity contribution < 1.29 is 14.6 Å². The van der Waals surface area contributed by atoms with E-state index in [-0.39, 0.29) is 11.9 Å². The summed E-state index contributed by atoms with van der Waals surface area (Å²) in [5.74, 6) is -0.265. The van der Waals surface area contributed by atoms with Crippen LogP contribution in [0.15, 0.2) is 0 Å². The molecule has 2 atom stereocenters. The fourth-order valence-corrected chi connectivity index (χ4v) is 1.71. The fourth-order valence-electron chi connectivity index (χ4n) is 1.71. The molecule has 0 spiro atoms. The van der Waals surface area contributed by atoms with Crippen molar-refractivity contribution in [1.82, 2.24) is 4.90 Å². The summed E-state index contributed by atoms with van der Waals surface area (Å²) in [5, 5.41) is 9.01. The van der Waals surface area contributed by atoms with Crippen LogP contribution in [0.3, 0.4) is 0 Å². The first-order valence-electron chi connectivity index (χ1n) is 3.89. The van der Waals surface area contributed by atoms with Crippen LogP contribution in [0.4, 0.5) is 0 Å². The average Bonchev–Trinajstić information content (AvgIpc) is 2.45. The third kappa shape index (κ3) is 1.02. The summed E-state index contributed by atoms with van der Waals surface area (Å²) < 4.78 is 4.87. The van der Waals surface area contributed by atoms with Gasteiger partial charge in [-0.15, -0.1) is 0 Å². The Morgan fingerprint density at radius 3 is 3.27 bits per heavy atom. The first kappa shape index (κ1) is 7.06. The highest BCUT2D eigenvalue weighted by Gasteiger charge is 2.37. The van der Waals surface area contributed by atoms with Crippen molar-refractivity contribution in [2.75, 3.05) is 13.2 Å². The van der Waals surface area contributed by atoms with Gasteiger partial charge in [0.15, 0.2) is 0 Å². The minimum atomic E-state index is -1.20. The van der Waals surface area contributed by atoms with Crippen molar-refractivity contribution in [2.24, 2.45) is 0 Å². The molecule has 2 heterocycles. The van der Waals surface area contributed by atoms with Crippen LogP contribution in [0.5, 0.6) is 0 Å². The van der Waals surface area contributed by atoms with Crippen LogP contribution in [0.1, 0.15) is 12.8 Å². The molecule has 0 aromatic rings. The molecular formula is C7H11NO3. The van der Waals surface area contributed by atoms with Crippen LogP contribution in [-0.4, -0.2) is 41.4 Å². The molecule has 2 aliphatic rings. The molecule has 2 aliphatic heterocycles. The van der Waals surface area contributed by atoms with Crippen molar-refractivity contribution >= 4 is 5.91 Å². The molecular weight excluding hydrogens is 146 g/mol. The summed E-state index contributed by atoms with van der Waals surface area (Å²) >= 11 is 0. The van der Waals surface area contributed by atoms with Gasteiger partial charge in [0.1, 0.15) is 0 Å². The third-order valence-electron chi connectivity index (χ3n) is 2.32. The summed E-state index contributed by atoms with van der Waals surface area (Å²) in [6.45, 7) is 1.27. The molecule has 0 unspecified atom stereocenters. The van der Waals surface area contributed by atoms with E-state index in [2.05, 4.69) is 0 Å². The smallest absolute Gasteiger partial charge is 0.279 e. The number of fused-ring (bicyclic) bond motifs is 1. The number of nitrogens with zero attached hydrogens (tertiary/aromatic N) is 1. The maximum absolute atomic E-state index is 11.2. The van der Waals surface area contributed by atoms with Gasteiger partial charge >= 0.3 is 0 Å². The molecule has 1 N–H and O–H groups in total. The number of carbonyl (C=O) groups is 1. The number of carbonyl (C=O) groups excluding carboxylic acids is 1. The van der Waals surface area contributed by atoms with E-state index in [1.165, 1.54) is 0 Å². The number of aliphatic hydroxyl groups is 1. The van der Waals surface area contributed by atoms with E-state index in [1.54, 1.807) is 4.90 Å². The lowest BCUT2D eigenvalue weighted by molar-refractivity contribution is -0.188. The Bertz CT molecular complexity index is 183. The Morgan fingerprint density at radius 2 is 2.45 bits per heavy atom. The second kappa shape index (κ2) is 2.46. The molecule has 0 bridgehead atoms. The normalized spacial score (nSPS) is 37.5. The Morgan fingerprint density at radius 1 is 1.64 bits per heavy atom. The molecule has 2 fully saturated rings. The summed E-state index contributed by atoms with van der Waals surface area (Å²) in [5.41, 5.74) is 0. The molecule has 0 aromatic heterocycles. The lowest BCUT2D eigenvalue weighted by Crippen LogP contribution is -2.50. The van der Waals surface area contributed by atoms with Gasteiger partial charge in [-0.2, -0.15) is 0 Å². The second-order valence-corrected chi connectivity index (χ2v) is 3.01. The van der Waals surface area contributed by atoms with Gasteiger partial charge in [-0.25, -0.2) is 0 Å². The average molecular weight is 157 g/mol. The third-order valence-corrected chi connectivity index (χ3v) is 2.32. The lowest BCUT2D eigenvalue weighted by atomic mass is 10.2. The summed E-state index contributed by atoms with van der Waals surface area (Å²) in [6, 6.07) is 0.228. The van der Waals surface area contributed by atoms with Crippen molar-refractivity contribution in [3.63, 3.8) is 0 Å². The van der Waals surface area contributed by atoms with E-state index in [1.807, 2.05) is 0 Å². The number of hydrogen-bond donors (Lipinski definition) is 1. The van der Waals surface area contributed by atoms with Gasteiger partial charge < -0.3 is 14.7 Å². The minimum absolute atomic E-state index is 0.228. The zero-order chi connectivity index (χ0) is 7.84. The number of ether oxygens (including phenoxy) is 1. The van der Waals surface area contributed by atoms with Crippen LogP contribution in [-0.2, 0) is 9.53 Å². The van der Waals surface area contributed by atoms with Crippen LogP contribution in [0.2, 0.25) is 0 Å². The van der Waals surface area contributed by atoms with Gasteiger partial charge in [0.25, 0.3) is 5.91 Å². The molecule has 2 rings (SSSR count). The molecule has 0 aromatic carbocycles. The minimum Gasteiger partial charge on any atom is -0.361 e. The number of rotatable bonds is 0. The highest BCUT2D eigenvalue weighted by atomic mass is 16.6. The first-order chi connectivity index (χ1) is 5.29. The van der Waals surface area contributed by atoms with Crippen molar-refractivity contribution in [1.29, 1.82) is 0 Å². The quantitative estimate of drug-likeness (QED) is 0.507. The predicted molar refractivity (Wildman–Crippen MR) is 36.7 cm³/mol. The zero-order valence-electron chi connectivity index (χ0n) is 6.19. The second-order valence-electron chi connectivity index (χ2n) is 3.01. The van der Waals surface area contributed by atoms with Crippen molar-refractivity contribution in [3.05, 3.63) is 0 Å². The summed E-state index contributed by atoms with van der Waals surface area (Å²) in [4.78, 5) is 12.9. The van der Waals surface area contributed by atoms with Gasteiger partial charge in [-0.1, -0.05) is 0 Å². The molecule has 0 radical (unpaired) electrons. The van der Waals surface area contributed by atoms with Gasteiger partial charge in [0, 0.05) is 6.54 Å². The Labute approximate surface area is 64.7 Å². The van der Waals surface area contributed by atoms with Gasteiger partial charge in [0.05, 0.1) is 12.6 Å². The molecule has 62 valence electrons. The Balaban J connectivity index is 2.12. The number of hydrogen-bond acceptors (Lipinski definition) is 3. The largest absolute Gasteiger partial charge is 0.361 e. The lowest BCUT2D eigenvalue weighted by Gasteiger charge is -2.31. The Kier molecular flexibility index (Phi) is 1.58. The van der Waals surface area contributed by atoms with E-state index in [0.29, 0.717) is 6.61 Å². The molecule has 0 saturated carbocycles. The highest BCUT2D eigenvalue weighted by Crippen LogP contribution is 2.22. The number of amides is 1. The molecule has 11 heavy (non-hydrogen) atoms. The van der Waals surface area contributed by atoms with E-state index in [0.717, 1.165) is 19.4 Å². The maximum Gasteiger partial charge on any atom is 0.279 e. The topological polar surface area (TPSA) is 49.8 Å². The van der Waals surface area contributed by atoms with Crippen LogP contribution in [0.25, 0.3) is 0 Å². The molecule has 1 amide bonds. The summed E-state index contributed by atoms with van der Waals surface area (Å²) in [6.07, 6.45) is 0.842. The monoisotopic (exact) mass is 157 g/mol. The molecule has 4 heteroatoms. The SMILES string of the molecule is O=C1[C@@H](O)OC[C@@H]2CCCN12. The van der Waals surface area contributed by atoms with E-state index < -0.39 is 6.29 Å². The van der Waals surface area contributed by atoms with E-state index in [4.69, 9.17) is 9.84 Å². The zero-order valence-corrected chi connectivity index (χ0v) is 6.19. The van der Waals surface area contributed by atoms with Crippen molar-refractivity contribution in [2.45, 2.75) is 25.2 Å². The fraction of sp³-hybridized carbons (Fsp3) is 0.857. The predicted octanol–water partition coefficient (Wildman–Crippen LogP) is -0.674. The summed E-state index contributed by atoms with van der Waals surface area (Å²) in [7, 11) is 0. The van der Waals surface area contributed by atoms with E-state index in [9.17, 15) is 4.79 Å². The number of morpholine rings is 1. The van der Waals surface area contributed by atoms with Crippen LogP contribution < -0.4 is 0 Å². The standard InChI is InChI=1S/C7H11NO3/c9-6-7(10)11-4-5-2-1-3-8(5)6/h5,7,10H,1-4H2/t5-,7-/m0/s1. The van der Waals surface area contributed by atoms with Crippen LogP contribution >= 0.6 is 0 Å². The number of aliphatic hydroxyl groups excluding tert-OH is 1. The van der Waals surface area contributed by atoms with Gasteiger partial charge in [0.2, 0.25) is 6.29 Å². The first-order valence-corrected chi connectivity index (χ1v) is 3.89. The van der Waals surface area contributed by atoms with Crippen LogP contribution in [0, 0.1) is 0 Å². The highest BCUT2D eigenvalue weighted by molar-refractivity contribution is 5.80. The maximum atomic E-state index is 11.2. The van der Waals surface area contributed by atoms with Crippen molar-refractivity contribution in [3.8, 4) is 0 Å². The van der Waals surface area contributed by atoms with E-state index >= 15 is 0 Å².